The van der Waals surface area contributed by atoms with Gasteiger partial charge in [0, 0.05) is 11.8 Å². The summed E-state index contributed by atoms with van der Waals surface area (Å²) in [5.74, 6) is 2.06. The van der Waals surface area contributed by atoms with E-state index in [1.807, 2.05) is 0 Å². The average molecular weight is 220 g/mol. The molecule has 17 heavy (non-hydrogen) atoms. The van der Waals surface area contributed by atoms with Gasteiger partial charge in [0.05, 0.1) is 0 Å². The van der Waals surface area contributed by atoms with E-state index in [-0.39, 0.29) is 0 Å². The van der Waals surface area contributed by atoms with Crippen LogP contribution in [0.25, 0.3) is 0 Å². The second-order valence-electron chi connectivity index (χ2n) is 5.50. The minimum absolute atomic E-state index is 0.632. The zero-order valence-corrected chi connectivity index (χ0v) is 10.1. The summed E-state index contributed by atoms with van der Waals surface area (Å²) in [6.07, 6.45) is 1.32. The molecule has 0 aromatic heterocycles. The van der Waals surface area contributed by atoms with E-state index in [1.54, 1.807) is 22.3 Å². The topological polar surface area (TPSA) is 0 Å². The molecular weight excluding hydrogens is 204 g/mol. The lowest BCUT2D eigenvalue weighted by Gasteiger charge is -2.44. The van der Waals surface area contributed by atoms with Gasteiger partial charge in [0.15, 0.2) is 0 Å². The summed E-state index contributed by atoms with van der Waals surface area (Å²) >= 11 is 0. The molecular formula is C17H16. The summed E-state index contributed by atoms with van der Waals surface area (Å²) in [6, 6.07) is 18.1. The van der Waals surface area contributed by atoms with Crippen LogP contribution in [0.2, 0.25) is 0 Å². The van der Waals surface area contributed by atoms with Gasteiger partial charge in [-0.05, 0) is 34.6 Å². The van der Waals surface area contributed by atoms with Crippen LogP contribution in [-0.4, -0.2) is 0 Å². The van der Waals surface area contributed by atoms with Crippen LogP contribution < -0.4 is 0 Å². The fraction of sp³-hybridized carbons (Fsp3) is 0.294. The fourth-order valence-electron chi connectivity index (χ4n) is 3.93. The number of hydrogen-bond acceptors (Lipinski definition) is 0. The van der Waals surface area contributed by atoms with Crippen molar-refractivity contribution in [3.05, 3.63) is 70.8 Å². The van der Waals surface area contributed by atoms with E-state index in [9.17, 15) is 0 Å². The maximum absolute atomic E-state index is 2.41. The van der Waals surface area contributed by atoms with Gasteiger partial charge >= 0.3 is 0 Å². The Morgan fingerprint density at radius 3 is 1.76 bits per heavy atom. The van der Waals surface area contributed by atoms with Crippen molar-refractivity contribution in [3.8, 4) is 0 Å². The summed E-state index contributed by atoms with van der Waals surface area (Å²) in [5.41, 5.74) is 6.31. The van der Waals surface area contributed by atoms with E-state index < -0.39 is 0 Å². The monoisotopic (exact) mass is 220 g/mol. The third-order valence-corrected chi connectivity index (χ3v) is 4.59. The summed E-state index contributed by atoms with van der Waals surface area (Å²) in [5, 5.41) is 0. The van der Waals surface area contributed by atoms with Crippen LogP contribution in [0.5, 0.6) is 0 Å². The highest BCUT2D eigenvalue weighted by Crippen LogP contribution is 2.54. The minimum atomic E-state index is 0.632. The number of fused-ring (bicyclic) bond motifs is 1. The van der Waals surface area contributed by atoms with Crippen LogP contribution in [0.15, 0.2) is 48.5 Å². The first-order valence-corrected chi connectivity index (χ1v) is 6.54. The summed E-state index contributed by atoms with van der Waals surface area (Å²) in [4.78, 5) is 0. The smallest absolute Gasteiger partial charge is 0.0121 e. The molecule has 0 saturated carbocycles. The van der Waals surface area contributed by atoms with E-state index in [2.05, 4.69) is 55.5 Å². The van der Waals surface area contributed by atoms with Gasteiger partial charge in [0.2, 0.25) is 0 Å². The molecule has 0 spiro atoms. The summed E-state index contributed by atoms with van der Waals surface area (Å²) in [6.45, 7) is 2.41. The first-order chi connectivity index (χ1) is 8.36. The Morgan fingerprint density at radius 1 is 0.765 bits per heavy atom. The molecule has 1 atom stereocenters. The quantitative estimate of drug-likeness (QED) is 0.621. The highest BCUT2D eigenvalue weighted by atomic mass is 14.4. The Balaban J connectivity index is 2.04. The SMILES string of the molecule is C[C@H]1CC2c3ccccc3C1c1ccccc12. The minimum Gasteiger partial charge on any atom is -0.0620 e. The molecule has 2 aromatic rings. The van der Waals surface area contributed by atoms with Crippen LogP contribution >= 0.6 is 0 Å². The van der Waals surface area contributed by atoms with Crippen molar-refractivity contribution >= 4 is 0 Å². The molecule has 0 aliphatic heterocycles. The first-order valence-electron chi connectivity index (χ1n) is 6.54. The highest BCUT2D eigenvalue weighted by Gasteiger charge is 2.40. The molecule has 0 saturated heterocycles. The van der Waals surface area contributed by atoms with Crippen LogP contribution in [0, 0.1) is 5.92 Å². The predicted octanol–water partition coefficient (Wildman–Crippen LogP) is 4.30. The first kappa shape index (κ1) is 9.47. The van der Waals surface area contributed by atoms with E-state index in [0.29, 0.717) is 11.8 Å². The van der Waals surface area contributed by atoms with Gasteiger partial charge < -0.3 is 0 Å². The maximum Gasteiger partial charge on any atom is 0.0121 e. The molecule has 5 rings (SSSR count). The maximum atomic E-state index is 2.41. The third kappa shape index (κ3) is 1.13. The standard InChI is InChI=1S/C17H16/c1-11-10-16-12-6-2-4-8-14(12)17(11)15-9-5-3-7-13(15)16/h2-9,11,16-17H,10H2,1H3/t11-,16?,17?/m0/s1. The Bertz CT molecular complexity index is 535. The molecule has 3 aliphatic carbocycles. The molecule has 2 aromatic carbocycles. The van der Waals surface area contributed by atoms with Crippen molar-refractivity contribution in [2.24, 2.45) is 5.92 Å². The van der Waals surface area contributed by atoms with E-state index in [0.717, 1.165) is 5.92 Å². The summed E-state index contributed by atoms with van der Waals surface area (Å²) < 4.78 is 0. The highest BCUT2D eigenvalue weighted by molar-refractivity contribution is 5.55. The molecule has 84 valence electrons. The average Bonchev–Trinajstić information content (AvgIpc) is 2.39. The zero-order chi connectivity index (χ0) is 11.4. The lowest BCUT2D eigenvalue weighted by atomic mass is 9.60. The number of benzene rings is 2. The molecule has 0 unspecified atom stereocenters. The third-order valence-electron chi connectivity index (χ3n) is 4.59. The van der Waals surface area contributed by atoms with Gasteiger partial charge in [0.1, 0.15) is 0 Å². The van der Waals surface area contributed by atoms with Gasteiger partial charge in [-0.15, -0.1) is 0 Å². The van der Waals surface area contributed by atoms with Crippen LogP contribution in [0.4, 0.5) is 0 Å². The predicted molar refractivity (Wildman–Crippen MR) is 70.4 cm³/mol. The molecule has 2 bridgehead atoms. The van der Waals surface area contributed by atoms with E-state index in [1.165, 1.54) is 6.42 Å². The van der Waals surface area contributed by atoms with Crippen molar-refractivity contribution in [3.63, 3.8) is 0 Å². The van der Waals surface area contributed by atoms with Crippen LogP contribution in [-0.2, 0) is 0 Å². The Kier molecular flexibility index (Phi) is 1.80. The van der Waals surface area contributed by atoms with E-state index >= 15 is 0 Å². The molecule has 0 nitrogen and oxygen atoms in total. The lowest BCUT2D eigenvalue weighted by Crippen LogP contribution is -2.30. The second-order valence-corrected chi connectivity index (χ2v) is 5.50. The number of hydrogen-bond donors (Lipinski definition) is 0. The Morgan fingerprint density at radius 2 is 1.24 bits per heavy atom. The number of rotatable bonds is 0. The normalized spacial score (nSPS) is 28.6. The van der Waals surface area contributed by atoms with Crippen molar-refractivity contribution in [2.75, 3.05) is 0 Å². The molecule has 0 heteroatoms. The van der Waals surface area contributed by atoms with Crippen molar-refractivity contribution in [1.29, 1.82) is 0 Å². The van der Waals surface area contributed by atoms with Gasteiger partial charge in [-0.3, -0.25) is 0 Å². The molecule has 0 fully saturated rings. The molecule has 0 N–H and O–H groups in total. The lowest BCUT2D eigenvalue weighted by molar-refractivity contribution is 0.385. The van der Waals surface area contributed by atoms with Crippen LogP contribution in [0.3, 0.4) is 0 Å². The Hall–Kier alpha value is -1.56. The molecule has 0 heterocycles. The van der Waals surface area contributed by atoms with Crippen molar-refractivity contribution < 1.29 is 0 Å². The van der Waals surface area contributed by atoms with Gasteiger partial charge in [-0.2, -0.15) is 0 Å². The van der Waals surface area contributed by atoms with Crippen LogP contribution in [0.1, 0.15) is 47.4 Å². The Labute approximate surface area is 102 Å². The van der Waals surface area contributed by atoms with Crippen molar-refractivity contribution in [2.45, 2.75) is 25.2 Å². The molecule has 0 radical (unpaired) electrons. The molecule has 3 aliphatic rings. The van der Waals surface area contributed by atoms with E-state index in [4.69, 9.17) is 0 Å². The van der Waals surface area contributed by atoms with Gasteiger partial charge in [0.25, 0.3) is 0 Å². The fourth-order valence-corrected chi connectivity index (χ4v) is 3.93. The second kappa shape index (κ2) is 3.22. The van der Waals surface area contributed by atoms with Gasteiger partial charge in [-0.25, -0.2) is 0 Å². The largest absolute Gasteiger partial charge is 0.0620 e. The van der Waals surface area contributed by atoms with Crippen molar-refractivity contribution in [1.82, 2.24) is 0 Å². The summed E-state index contributed by atoms with van der Waals surface area (Å²) in [7, 11) is 0. The van der Waals surface area contributed by atoms with Gasteiger partial charge in [-0.1, -0.05) is 55.5 Å². The zero-order valence-electron chi connectivity index (χ0n) is 10.1. The molecule has 0 amide bonds.